The number of anilines is 3. The van der Waals surface area contributed by atoms with Gasteiger partial charge in [-0.15, -0.1) is 0 Å². The lowest BCUT2D eigenvalue weighted by Gasteiger charge is -2.38. The molecule has 0 fully saturated rings. The molecule has 2 aliphatic heterocycles. The first kappa shape index (κ1) is 26.2. The van der Waals surface area contributed by atoms with Crippen molar-refractivity contribution in [3.05, 3.63) is 186 Å². The van der Waals surface area contributed by atoms with Crippen LogP contribution in [0.25, 0.3) is 39.5 Å². The van der Waals surface area contributed by atoms with Crippen molar-refractivity contribution in [1.82, 2.24) is 0 Å². The highest BCUT2D eigenvalue weighted by atomic mass is 15.2. The fourth-order valence-electron chi connectivity index (χ4n) is 9.08. The average Bonchev–Trinajstić information content (AvgIpc) is 3.49. The highest BCUT2D eigenvalue weighted by Gasteiger charge is 2.43. The maximum absolute atomic E-state index is 2.55. The van der Waals surface area contributed by atoms with Crippen LogP contribution in [0, 0.1) is 0 Å². The van der Waals surface area contributed by atoms with Crippen LogP contribution in [0.2, 0.25) is 0 Å². The summed E-state index contributed by atoms with van der Waals surface area (Å²) in [7, 11) is 0. The summed E-state index contributed by atoms with van der Waals surface area (Å²) in [5.41, 5.74) is 22.8. The molecule has 0 aromatic heterocycles. The first-order valence-corrected chi connectivity index (χ1v) is 17.1. The van der Waals surface area contributed by atoms with Gasteiger partial charge in [-0.05, 0) is 103 Å². The number of fused-ring (bicyclic) bond motifs is 5. The summed E-state index contributed by atoms with van der Waals surface area (Å²) >= 11 is 0. The smallest absolute Gasteiger partial charge is 0.248 e. The fourth-order valence-corrected chi connectivity index (χ4v) is 9.08. The summed E-state index contributed by atoms with van der Waals surface area (Å²) in [6.45, 7) is 0.160. The van der Waals surface area contributed by atoms with Crippen LogP contribution in [-0.4, -0.2) is 6.71 Å². The van der Waals surface area contributed by atoms with Gasteiger partial charge >= 0.3 is 0 Å². The third kappa shape index (κ3) is 3.63. The normalized spacial score (nSPS) is 16.9. The van der Waals surface area contributed by atoms with E-state index in [-0.39, 0.29) is 6.71 Å². The van der Waals surface area contributed by atoms with Crippen LogP contribution in [0.15, 0.2) is 169 Å². The van der Waals surface area contributed by atoms with Crippen molar-refractivity contribution in [2.24, 2.45) is 0 Å². The Kier molecular flexibility index (Phi) is 5.37. The third-order valence-corrected chi connectivity index (χ3v) is 11.1. The van der Waals surface area contributed by atoms with Gasteiger partial charge < -0.3 is 4.90 Å². The average molecular weight is 608 g/mol. The molecule has 0 spiro atoms. The largest absolute Gasteiger partial charge is 0.311 e. The molecule has 6 aromatic rings. The van der Waals surface area contributed by atoms with E-state index in [2.05, 4.69) is 169 Å². The monoisotopic (exact) mass is 607 g/mol. The molecule has 2 heterocycles. The number of rotatable bonds is 3. The first-order valence-electron chi connectivity index (χ1n) is 17.1. The molecular weight excluding hydrogens is 577 g/mol. The minimum atomic E-state index is 0.160. The fraction of sp³-hybridized carbons (Fsp3) is 0.0435. The molecule has 0 radical (unpaired) electrons. The van der Waals surface area contributed by atoms with E-state index in [4.69, 9.17) is 0 Å². The second-order valence-corrected chi connectivity index (χ2v) is 13.6. The number of benzene rings is 6. The second kappa shape index (κ2) is 9.83. The summed E-state index contributed by atoms with van der Waals surface area (Å²) in [6, 6.07) is 47.7. The van der Waals surface area contributed by atoms with Crippen molar-refractivity contribution >= 4 is 46.2 Å². The molecule has 3 aliphatic carbocycles. The third-order valence-electron chi connectivity index (χ3n) is 11.1. The summed E-state index contributed by atoms with van der Waals surface area (Å²) in [5, 5.41) is 0. The lowest BCUT2D eigenvalue weighted by atomic mass is 9.37. The van der Waals surface area contributed by atoms with Crippen LogP contribution < -0.4 is 21.3 Å². The van der Waals surface area contributed by atoms with Crippen molar-refractivity contribution in [2.75, 3.05) is 4.90 Å². The SMILES string of the molecule is C1=CC2=CCc3cc(N4c5ccc(-c6ccccc6)cc5B5c6cc(-c7ccccc7)ccc6-c6cccc4c65)cc4c3C2C(=C1)C=C4. The van der Waals surface area contributed by atoms with E-state index in [9.17, 15) is 0 Å². The van der Waals surface area contributed by atoms with E-state index < -0.39 is 0 Å². The molecule has 1 atom stereocenters. The van der Waals surface area contributed by atoms with Crippen LogP contribution >= 0.6 is 0 Å². The predicted octanol–water partition coefficient (Wildman–Crippen LogP) is 9.39. The molecule has 1 nitrogen and oxygen atoms in total. The number of nitrogens with zero attached hydrogens (tertiary/aromatic N) is 1. The standard InChI is InChI=1S/C46H30BN/c1-3-9-29(10-4-1)33-21-23-38-39-15-8-16-43-46(39)47(40(38)27-33)41-28-34(30-11-5-2-6-12-30)22-24-42(41)48(43)37-25-35-19-17-31-13-7-14-32-18-20-36(26-37)45(35)44(31)32/h1-19,21-28,44H,20H2. The zero-order valence-corrected chi connectivity index (χ0v) is 26.4. The van der Waals surface area contributed by atoms with Gasteiger partial charge in [0, 0.05) is 23.0 Å². The zero-order chi connectivity index (χ0) is 31.3. The van der Waals surface area contributed by atoms with Gasteiger partial charge in [0.15, 0.2) is 0 Å². The Hall–Kier alpha value is -5.86. The van der Waals surface area contributed by atoms with Gasteiger partial charge in [-0.2, -0.15) is 0 Å². The van der Waals surface area contributed by atoms with Crippen LogP contribution in [0.3, 0.4) is 0 Å². The van der Waals surface area contributed by atoms with Crippen molar-refractivity contribution in [3.8, 4) is 33.4 Å². The van der Waals surface area contributed by atoms with E-state index in [0.29, 0.717) is 5.92 Å². The Morgan fingerprint density at radius 2 is 1.33 bits per heavy atom. The topological polar surface area (TPSA) is 3.24 Å². The van der Waals surface area contributed by atoms with Crippen molar-refractivity contribution in [2.45, 2.75) is 12.3 Å². The van der Waals surface area contributed by atoms with E-state index in [1.807, 2.05) is 0 Å². The summed E-state index contributed by atoms with van der Waals surface area (Å²) < 4.78 is 0. The van der Waals surface area contributed by atoms with Crippen LogP contribution in [0.5, 0.6) is 0 Å². The molecular formula is C46H30BN. The maximum atomic E-state index is 2.55. The lowest BCUT2D eigenvalue weighted by molar-refractivity contribution is 0.892. The summed E-state index contributed by atoms with van der Waals surface area (Å²) in [6.07, 6.45) is 14.9. The second-order valence-electron chi connectivity index (χ2n) is 13.6. The molecule has 11 rings (SSSR count). The Bertz CT molecular complexity index is 2480. The molecule has 0 N–H and O–H groups in total. The van der Waals surface area contributed by atoms with Gasteiger partial charge in [0.25, 0.3) is 0 Å². The lowest BCUT2D eigenvalue weighted by Crippen LogP contribution is -2.54. The highest BCUT2D eigenvalue weighted by molar-refractivity contribution is 7.01. The Morgan fingerprint density at radius 3 is 2.15 bits per heavy atom. The van der Waals surface area contributed by atoms with Crippen molar-refractivity contribution in [1.29, 1.82) is 0 Å². The summed E-state index contributed by atoms with van der Waals surface area (Å²) in [4.78, 5) is 2.55. The van der Waals surface area contributed by atoms with Crippen LogP contribution in [0.4, 0.5) is 17.1 Å². The van der Waals surface area contributed by atoms with Gasteiger partial charge in [0.1, 0.15) is 0 Å². The first-order chi connectivity index (χ1) is 23.8. The highest BCUT2D eigenvalue weighted by Crippen LogP contribution is 2.49. The van der Waals surface area contributed by atoms with Gasteiger partial charge in [0.2, 0.25) is 6.71 Å². The van der Waals surface area contributed by atoms with Crippen molar-refractivity contribution < 1.29 is 0 Å². The molecule has 222 valence electrons. The Morgan fingerprint density at radius 1 is 0.562 bits per heavy atom. The Balaban J connectivity index is 1.15. The molecule has 0 saturated heterocycles. The molecule has 1 unspecified atom stereocenters. The van der Waals surface area contributed by atoms with Gasteiger partial charge in [0.05, 0.1) is 0 Å². The van der Waals surface area contributed by atoms with Gasteiger partial charge in [-0.3, -0.25) is 0 Å². The number of allylic oxidation sites excluding steroid dienone is 7. The van der Waals surface area contributed by atoms with Gasteiger partial charge in [-0.1, -0.05) is 145 Å². The van der Waals surface area contributed by atoms with Gasteiger partial charge in [-0.25, -0.2) is 0 Å². The predicted molar refractivity (Wildman–Crippen MR) is 203 cm³/mol. The number of hydrogen-bond acceptors (Lipinski definition) is 1. The van der Waals surface area contributed by atoms with E-state index in [1.54, 1.807) is 0 Å². The minimum Gasteiger partial charge on any atom is -0.311 e. The molecule has 48 heavy (non-hydrogen) atoms. The van der Waals surface area contributed by atoms with Crippen LogP contribution in [-0.2, 0) is 6.42 Å². The van der Waals surface area contributed by atoms with Crippen molar-refractivity contribution in [3.63, 3.8) is 0 Å². The molecule has 0 bridgehead atoms. The Labute approximate surface area is 281 Å². The quantitative estimate of drug-likeness (QED) is 0.181. The number of hydrogen-bond donors (Lipinski definition) is 0. The van der Waals surface area contributed by atoms with Crippen LogP contribution in [0.1, 0.15) is 22.6 Å². The van der Waals surface area contributed by atoms with E-state index in [0.717, 1.165) is 6.42 Å². The molecule has 0 amide bonds. The molecule has 0 saturated carbocycles. The van der Waals surface area contributed by atoms with E-state index >= 15 is 0 Å². The molecule has 2 heteroatoms. The summed E-state index contributed by atoms with van der Waals surface area (Å²) in [5.74, 6) is 0.355. The maximum Gasteiger partial charge on any atom is 0.248 e. The minimum absolute atomic E-state index is 0.160. The molecule has 5 aliphatic rings. The van der Waals surface area contributed by atoms with E-state index in [1.165, 1.54) is 94.7 Å². The zero-order valence-electron chi connectivity index (χ0n) is 26.4. The molecule has 6 aromatic carbocycles.